The van der Waals surface area contributed by atoms with Crippen molar-refractivity contribution in [1.82, 2.24) is 5.32 Å². The van der Waals surface area contributed by atoms with Crippen molar-refractivity contribution in [3.8, 4) is 17.2 Å². The molecule has 1 N–H and O–H groups in total. The molecule has 0 aliphatic rings. The predicted octanol–water partition coefficient (Wildman–Crippen LogP) is 4.35. The van der Waals surface area contributed by atoms with Gasteiger partial charge in [0.15, 0.2) is 11.5 Å². The number of amides is 1. The van der Waals surface area contributed by atoms with Crippen LogP contribution in [0.5, 0.6) is 17.2 Å². The molecular formula is C22H31NO6SSi. The first kappa shape index (κ1) is 24.7. The number of nitrogens with one attached hydrogen (secondary N) is 1. The first-order valence-electron chi connectivity index (χ1n) is 10.1. The average molecular weight is 466 g/mol. The minimum absolute atomic E-state index is 0.0903. The van der Waals surface area contributed by atoms with Gasteiger partial charge in [-0.15, -0.1) is 0 Å². The zero-order valence-electron chi connectivity index (χ0n) is 18.8. The van der Waals surface area contributed by atoms with Gasteiger partial charge in [-0.2, -0.15) is 11.3 Å². The van der Waals surface area contributed by atoms with Crippen LogP contribution in [0.3, 0.4) is 0 Å². The Morgan fingerprint density at radius 3 is 2.45 bits per heavy atom. The molecule has 0 bridgehead atoms. The van der Waals surface area contributed by atoms with E-state index in [1.54, 1.807) is 23.5 Å². The maximum absolute atomic E-state index is 12.8. The quantitative estimate of drug-likeness (QED) is 0.371. The third-order valence-electron chi connectivity index (χ3n) is 4.44. The highest BCUT2D eigenvalue weighted by Crippen LogP contribution is 2.41. The number of hydrogen-bond donors (Lipinski definition) is 1. The molecule has 2 aromatic rings. The first-order chi connectivity index (χ1) is 14.7. The Hall–Kier alpha value is -2.52. The number of methoxy groups -OCH3 is 2. The molecule has 2 rings (SSSR count). The van der Waals surface area contributed by atoms with Gasteiger partial charge in [0.25, 0.3) is 5.91 Å². The van der Waals surface area contributed by atoms with Crippen molar-refractivity contribution in [3.05, 3.63) is 40.1 Å². The van der Waals surface area contributed by atoms with Crippen molar-refractivity contribution in [3.63, 3.8) is 0 Å². The number of thiophene rings is 1. The summed E-state index contributed by atoms with van der Waals surface area (Å²) in [5.41, 5.74) is 1.39. The number of benzene rings is 1. The minimum Gasteiger partial charge on any atom is -0.490 e. The zero-order chi connectivity index (χ0) is 22.9. The van der Waals surface area contributed by atoms with Gasteiger partial charge in [0.1, 0.15) is 6.61 Å². The molecule has 1 amide bonds. The van der Waals surface area contributed by atoms with Gasteiger partial charge in [-0.25, -0.2) is 0 Å². The standard InChI is InChI=1S/C22H31NO6SSi/c1-26-19(24)8-10-23-22(25)17-6-7-18(29-14-16-9-12-30-15-16)21(27-2)20(17)28-11-13-31(3,4)5/h6-7,9,12,15H,8,10-11,13-14H2,1-5H3,(H,23,25). The Morgan fingerprint density at radius 2 is 1.84 bits per heavy atom. The summed E-state index contributed by atoms with van der Waals surface area (Å²) in [6.45, 7) is 7.80. The topological polar surface area (TPSA) is 83.1 Å². The average Bonchev–Trinajstić information content (AvgIpc) is 3.24. The summed E-state index contributed by atoms with van der Waals surface area (Å²) in [5, 5.41) is 6.73. The molecule has 1 aromatic carbocycles. The highest BCUT2D eigenvalue weighted by molar-refractivity contribution is 7.07. The fraction of sp³-hybridized carbons (Fsp3) is 0.455. The molecule has 0 spiro atoms. The summed E-state index contributed by atoms with van der Waals surface area (Å²) in [6.07, 6.45) is 0.0903. The molecule has 0 unspecified atom stereocenters. The van der Waals surface area contributed by atoms with Crippen molar-refractivity contribution in [2.24, 2.45) is 0 Å². The van der Waals surface area contributed by atoms with Crippen LogP contribution in [-0.4, -0.2) is 47.3 Å². The normalized spacial score (nSPS) is 11.0. The summed E-state index contributed by atoms with van der Waals surface area (Å²) in [5.74, 6) is 0.490. The lowest BCUT2D eigenvalue weighted by atomic mass is 10.1. The number of rotatable bonds is 12. The van der Waals surface area contributed by atoms with Crippen LogP contribution in [0, 0.1) is 0 Å². The van der Waals surface area contributed by atoms with Gasteiger partial charge in [0.05, 0.1) is 32.8 Å². The van der Waals surface area contributed by atoms with E-state index in [1.165, 1.54) is 14.2 Å². The highest BCUT2D eigenvalue weighted by atomic mass is 32.1. The van der Waals surface area contributed by atoms with Crippen molar-refractivity contribution in [2.45, 2.75) is 38.7 Å². The van der Waals surface area contributed by atoms with E-state index in [0.29, 0.717) is 36.0 Å². The Bertz CT molecular complexity index is 864. The van der Waals surface area contributed by atoms with Gasteiger partial charge in [0.2, 0.25) is 5.75 Å². The van der Waals surface area contributed by atoms with Crippen LogP contribution in [0.15, 0.2) is 29.0 Å². The predicted molar refractivity (Wildman–Crippen MR) is 124 cm³/mol. The van der Waals surface area contributed by atoms with E-state index < -0.39 is 8.07 Å². The van der Waals surface area contributed by atoms with Crippen molar-refractivity contribution in [2.75, 3.05) is 27.4 Å². The van der Waals surface area contributed by atoms with Crippen LogP contribution in [0.1, 0.15) is 22.3 Å². The Labute approximate surface area is 188 Å². The van der Waals surface area contributed by atoms with Crippen LogP contribution in [-0.2, 0) is 16.1 Å². The van der Waals surface area contributed by atoms with Gasteiger partial charge in [0, 0.05) is 14.6 Å². The molecular weight excluding hydrogens is 434 g/mol. The van der Waals surface area contributed by atoms with Gasteiger partial charge in [-0.1, -0.05) is 19.6 Å². The number of hydrogen-bond acceptors (Lipinski definition) is 7. The summed E-state index contributed by atoms with van der Waals surface area (Å²) in [4.78, 5) is 24.1. The van der Waals surface area contributed by atoms with Crippen molar-refractivity contribution in [1.29, 1.82) is 0 Å². The third kappa shape index (κ3) is 7.91. The molecule has 7 nitrogen and oxygen atoms in total. The van der Waals surface area contributed by atoms with E-state index in [-0.39, 0.29) is 24.8 Å². The van der Waals surface area contributed by atoms with E-state index in [1.807, 2.05) is 16.8 Å². The minimum atomic E-state index is -1.33. The van der Waals surface area contributed by atoms with Crippen molar-refractivity contribution >= 4 is 31.3 Å². The number of carbonyl (C=O) groups is 2. The lowest BCUT2D eigenvalue weighted by Crippen LogP contribution is -2.27. The molecule has 0 atom stereocenters. The molecule has 1 heterocycles. The fourth-order valence-electron chi connectivity index (χ4n) is 2.64. The van der Waals surface area contributed by atoms with Crippen LogP contribution in [0.2, 0.25) is 25.7 Å². The van der Waals surface area contributed by atoms with Gasteiger partial charge < -0.3 is 24.3 Å². The molecule has 0 saturated heterocycles. The largest absolute Gasteiger partial charge is 0.490 e. The Morgan fingerprint density at radius 1 is 1.06 bits per heavy atom. The van der Waals surface area contributed by atoms with E-state index in [2.05, 4.69) is 29.7 Å². The molecule has 1 aromatic heterocycles. The monoisotopic (exact) mass is 465 g/mol. The van der Waals surface area contributed by atoms with E-state index in [4.69, 9.17) is 14.2 Å². The van der Waals surface area contributed by atoms with E-state index in [0.717, 1.165) is 11.6 Å². The second-order valence-electron chi connectivity index (χ2n) is 8.14. The molecule has 0 aliphatic heterocycles. The molecule has 31 heavy (non-hydrogen) atoms. The number of ether oxygens (including phenoxy) is 4. The van der Waals surface area contributed by atoms with Crippen LogP contribution in [0.25, 0.3) is 0 Å². The Balaban J connectivity index is 2.24. The SMILES string of the molecule is COC(=O)CCNC(=O)c1ccc(OCc2ccsc2)c(OC)c1OCC[Si](C)(C)C. The molecule has 0 saturated carbocycles. The van der Waals surface area contributed by atoms with Gasteiger partial charge >= 0.3 is 5.97 Å². The lowest BCUT2D eigenvalue weighted by molar-refractivity contribution is -0.140. The second kappa shape index (κ2) is 11.8. The zero-order valence-corrected chi connectivity index (χ0v) is 20.6. The summed E-state index contributed by atoms with van der Waals surface area (Å²) >= 11 is 1.60. The molecule has 0 fully saturated rings. The first-order valence-corrected chi connectivity index (χ1v) is 14.7. The smallest absolute Gasteiger partial charge is 0.307 e. The van der Waals surface area contributed by atoms with Crippen molar-refractivity contribution < 1.29 is 28.5 Å². The molecule has 0 aliphatic carbocycles. The summed E-state index contributed by atoms with van der Waals surface area (Å²) in [6, 6.07) is 6.28. The fourth-order valence-corrected chi connectivity index (χ4v) is 4.01. The summed E-state index contributed by atoms with van der Waals surface area (Å²) in [7, 11) is 1.50. The lowest BCUT2D eigenvalue weighted by Gasteiger charge is -2.20. The second-order valence-corrected chi connectivity index (χ2v) is 14.5. The molecule has 0 radical (unpaired) electrons. The van der Waals surface area contributed by atoms with E-state index in [9.17, 15) is 9.59 Å². The molecule has 9 heteroatoms. The number of carbonyl (C=O) groups excluding carboxylic acids is 2. The maximum Gasteiger partial charge on any atom is 0.307 e. The van der Waals surface area contributed by atoms with Gasteiger partial charge in [-0.05, 0) is 40.6 Å². The number of esters is 1. The molecule has 170 valence electrons. The van der Waals surface area contributed by atoms with Gasteiger partial charge in [-0.3, -0.25) is 9.59 Å². The van der Waals surface area contributed by atoms with Crippen LogP contribution >= 0.6 is 11.3 Å². The van der Waals surface area contributed by atoms with E-state index >= 15 is 0 Å². The maximum atomic E-state index is 12.8. The summed E-state index contributed by atoms with van der Waals surface area (Å²) < 4.78 is 22.2. The van der Waals surface area contributed by atoms with Crippen LogP contribution < -0.4 is 19.5 Å². The third-order valence-corrected chi connectivity index (χ3v) is 6.88. The highest BCUT2D eigenvalue weighted by Gasteiger charge is 2.23. The Kier molecular flexibility index (Phi) is 9.38. The van der Waals surface area contributed by atoms with Crippen LogP contribution in [0.4, 0.5) is 0 Å².